The average molecular weight is 185 g/mol. The van der Waals surface area contributed by atoms with Crippen molar-refractivity contribution < 1.29 is 0 Å². The average Bonchev–Trinajstić information content (AvgIpc) is 2.74. The smallest absolute Gasteiger partial charge is 0.225 e. The van der Waals surface area contributed by atoms with E-state index in [4.69, 9.17) is 0 Å². The molecule has 0 aromatic carbocycles. The van der Waals surface area contributed by atoms with Crippen molar-refractivity contribution in [2.75, 3.05) is 25.0 Å². The van der Waals surface area contributed by atoms with Crippen molar-refractivity contribution in [3.63, 3.8) is 0 Å². The second kappa shape index (κ2) is 3.77. The zero-order valence-electron chi connectivity index (χ0n) is 6.66. The van der Waals surface area contributed by atoms with Crippen LogP contribution in [0.2, 0.25) is 0 Å². The zero-order chi connectivity index (χ0) is 8.23. The summed E-state index contributed by atoms with van der Waals surface area (Å²) in [4.78, 5) is 0. The number of hydrogen-bond acceptors (Lipinski definition) is 6. The number of aromatic nitrogens is 3. The number of rotatable bonds is 3. The van der Waals surface area contributed by atoms with Crippen LogP contribution in [0.3, 0.4) is 0 Å². The van der Waals surface area contributed by atoms with Crippen molar-refractivity contribution in [1.82, 2.24) is 20.1 Å². The second-order valence-corrected chi connectivity index (χ2v) is 3.64. The number of anilines is 1. The molecular formula is C6H11N5S. The van der Waals surface area contributed by atoms with Crippen LogP contribution in [0.25, 0.3) is 0 Å². The van der Waals surface area contributed by atoms with Gasteiger partial charge in [-0.15, -0.1) is 0 Å². The van der Waals surface area contributed by atoms with Gasteiger partial charge in [0.05, 0.1) is 0 Å². The summed E-state index contributed by atoms with van der Waals surface area (Å²) in [7, 11) is 0. The number of nitrogens with one attached hydrogen (secondary N) is 2. The van der Waals surface area contributed by atoms with E-state index in [1.165, 1.54) is 18.0 Å². The van der Waals surface area contributed by atoms with Gasteiger partial charge in [-0.2, -0.15) is 0 Å². The maximum absolute atomic E-state index is 3.80. The summed E-state index contributed by atoms with van der Waals surface area (Å²) in [6.07, 6.45) is 1.25. The maximum Gasteiger partial charge on any atom is 0.225 e. The Labute approximate surface area is 74.7 Å². The van der Waals surface area contributed by atoms with Crippen LogP contribution in [0.15, 0.2) is 0 Å². The molecule has 2 N–H and O–H groups in total. The summed E-state index contributed by atoms with van der Waals surface area (Å²) in [5.74, 6) is 0.730. The second-order valence-electron chi connectivity index (χ2n) is 2.91. The Balaban J connectivity index is 1.74. The van der Waals surface area contributed by atoms with Crippen molar-refractivity contribution in [1.29, 1.82) is 0 Å². The molecule has 0 saturated carbocycles. The van der Waals surface area contributed by atoms with Crippen LogP contribution in [0, 0.1) is 5.92 Å². The van der Waals surface area contributed by atoms with Gasteiger partial charge in [-0.3, -0.25) is 0 Å². The Morgan fingerprint density at radius 3 is 3.33 bits per heavy atom. The van der Waals surface area contributed by atoms with Gasteiger partial charge in [0, 0.05) is 18.1 Å². The third kappa shape index (κ3) is 1.89. The van der Waals surface area contributed by atoms with Crippen LogP contribution in [0.5, 0.6) is 0 Å². The highest BCUT2D eigenvalue weighted by atomic mass is 32.1. The molecule has 5 nitrogen and oxygen atoms in total. The molecule has 0 bridgehead atoms. The minimum Gasteiger partial charge on any atom is -0.359 e. The first-order valence-electron chi connectivity index (χ1n) is 4.05. The van der Waals surface area contributed by atoms with Gasteiger partial charge in [-0.25, -0.2) is 0 Å². The fourth-order valence-corrected chi connectivity index (χ4v) is 1.69. The lowest BCUT2D eigenvalue weighted by Crippen LogP contribution is -2.17. The third-order valence-electron chi connectivity index (χ3n) is 2.00. The van der Waals surface area contributed by atoms with Gasteiger partial charge in [0.1, 0.15) is 0 Å². The lowest BCUT2D eigenvalue weighted by molar-refractivity contribution is 0.614. The van der Waals surface area contributed by atoms with Gasteiger partial charge in [0.2, 0.25) is 5.13 Å². The maximum atomic E-state index is 3.80. The molecular weight excluding hydrogens is 174 g/mol. The van der Waals surface area contributed by atoms with Crippen molar-refractivity contribution in [3.05, 3.63) is 0 Å². The molecule has 0 aliphatic carbocycles. The summed E-state index contributed by atoms with van der Waals surface area (Å²) in [5.41, 5.74) is 0. The van der Waals surface area contributed by atoms with E-state index in [0.717, 1.165) is 30.7 Å². The highest BCUT2D eigenvalue weighted by molar-refractivity contribution is 7.09. The van der Waals surface area contributed by atoms with E-state index < -0.39 is 0 Å². The summed E-state index contributed by atoms with van der Waals surface area (Å²) < 4.78 is 3.67. The fraction of sp³-hybridized carbons (Fsp3) is 0.833. The van der Waals surface area contributed by atoms with Gasteiger partial charge in [-0.1, -0.05) is 9.59 Å². The molecule has 1 aromatic heterocycles. The predicted octanol–water partition coefficient (Wildman–Crippen LogP) is -0.0455. The Bertz CT molecular complexity index is 218. The highest BCUT2D eigenvalue weighted by Crippen LogP contribution is 2.10. The number of hydrogen-bond donors (Lipinski definition) is 2. The van der Waals surface area contributed by atoms with Crippen LogP contribution in [0.1, 0.15) is 6.42 Å². The molecule has 1 atom stereocenters. The zero-order valence-corrected chi connectivity index (χ0v) is 7.47. The molecule has 1 aliphatic rings. The molecule has 0 amide bonds. The minimum atomic E-state index is 0.730. The van der Waals surface area contributed by atoms with E-state index in [1.54, 1.807) is 0 Å². The Morgan fingerprint density at radius 2 is 2.67 bits per heavy atom. The molecule has 6 heteroatoms. The first kappa shape index (κ1) is 7.88. The van der Waals surface area contributed by atoms with E-state index in [9.17, 15) is 0 Å². The van der Waals surface area contributed by atoms with Crippen LogP contribution in [-0.2, 0) is 0 Å². The van der Waals surface area contributed by atoms with Crippen LogP contribution < -0.4 is 10.6 Å². The minimum absolute atomic E-state index is 0.730. The third-order valence-corrected chi connectivity index (χ3v) is 2.56. The molecule has 1 unspecified atom stereocenters. The molecule has 0 radical (unpaired) electrons. The van der Waals surface area contributed by atoms with E-state index in [2.05, 4.69) is 25.4 Å². The first-order valence-corrected chi connectivity index (χ1v) is 4.82. The molecule has 1 fully saturated rings. The molecule has 12 heavy (non-hydrogen) atoms. The van der Waals surface area contributed by atoms with Gasteiger partial charge in [-0.05, 0) is 30.6 Å². The Hall–Kier alpha value is -0.750. The standard InChI is InChI=1S/C6H11N5S/c1-2-7-3-5(1)4-8-6-9-10-11-12-6/h5,7H,1-4H2,(H,8,9,11). The lowest BCUT2D eigenvalue weighted by atomic mass is 10.1. The van der Waals surface area contributed by atoms with Crippen molar-refractivity contribution in [2.24, 2.45) is 5.92 Å². The normalized spacial score (nSPS) is 22.8. The van der Waals surface area contributed by atoms with Gasteiger partial charge in [0.15, 0.2) is 0 Å². The Morgan fingerprint density at radius 1 is 1.67 bits per heavy atom. The van der Waals surface area contributed by atoms with E-state index in [0.29, 0.717) is 0 Å². The Kier molecular flexibility index (Phi) is 2.48. The topological polar surface area (TPSA) is 62.7 Å². The number of nitrogens with zero attached hydrogens (tertiary/aromatic N) is 3. The molecule has 1 aliphatic heterocycles. The monoisotopic (exact) mass is 185 g/mol. The summed E-state index contributed by atoms with van der Waals surface area (Å²) in [6, 6.07) is 0. The summed E-state index contributed by atoms with van der Waals surface area (Å²) in [5, 5.41) is 14.7. The van der Waals surface area contributed by atoms with Gasteiger partial charge < -0.3 is 10.6 Å². The summed E-state index contributed by atoms with van der Waals surface area (Å²) in [6.45, 7) is 3.23. The largest absolute Gasteiger partial charge is 0.359 e. The van der Waals surface area contributed by atoms with E-state index >= 15 is 0 Å². The van der Waals surface area contributed by atoms with Crippen molar-refractivity contribution in [3.8, 4) is 0 Å². The molecule has 0 spiro atoms. The van der Waals surface area contributed by atoms with E-state index in [1.807, 2.05) is 0 Å². The molecule has 2 rings (SSSR count). The van der Waals surface area contributed by atoms with Gasteiger partial charge in [0.25, 0.3) is 0 Å². The van der Waals surface area contributed by atoms with Crippen LogP contribution in [-0.4, -0.2) is 34.4 Å². The molecule has 66 valence electrons. The molecule has 1 aromatic rings. The van der Waals surface area contributed by atoms with Crippen LogP contribution in [0.4, 0.5) is 5.13 Å². The predicted molar refractivity (Wildman–Crippen MR) is 47.2 cm³/mol. The molecule has 2 heterocycles. The van der Waals surface area contributed by atoms with Gasteiger partial charge >= 0.3 is 0 Å². The fourth-order valence-electron chi connectivity index (χ4n) is 1.32. The summed E-state index contributed by atoms with van der Waals surface area (Å²) >= 11 is 1.30. The van der Waals surface area contributed by atoms with E-state index in [-0.39, 0.29) is 0 Å². The quantitative estimate of drug-likeness (QED) is 0.691. The van der Waals surface area contributed by atoms with Crippen molar-refractivity contribution >= 4 is 16.7 Å². The van der Waals surface area contributed by atoms with Crippen LogP contribution >= 0.6 is 11.5 Å². The highest BCUT2D eigenvalue weighted by Gasteiger charge is 2.14. The lowest BCUT2D eigenvalue weighted by Gasteiger charge is -2.06. The first-order chi connectivity index (χ1) is 5.95. The molecule has 1 saturated heterocycles. The SMILES string of the molecule is C1CC(CNc2nnns2)CN1. The van der Waals surface area contributed by atoms with Crippen molar-refractivity contribution in [2.45, 2.75) is 6.42 Å².